The Balaban J connectivity index is 0.00000289. The number of piperidine rings is 1. The summed E-state index contributed by atoms with van der Waals surface area (Å²) in [6.45, 7) is 6.06. The zero-order valence-electron chi connectivity index (χ0n) is 20.4. The van der Waals surface area contributed by atoms with Gasteiger partial charge >= 0.3 is 0 Å². The number of nitrogens with zero attached hydrogens (tertiary/aromatic N) is 1. The molecule has 5 nitrogen and oxygen atoms in total. The Labute approximate surface area is 213 Å². The van der Waals surface area contributed by atoms with Crippen LogP contribution in [0.1, 0.15) is 46.3 Å². The van der Waals surface area contributed by atoms with Gasteiger partial charge in [-0.15, -0.1) is 12.4 Å². The summed E-state index contributed by atoms with van der Waals surface area (Å²) in [6, 6.07) is 20.6. The Kier molecular flexibility index (Phi) is 7.78. The van der Waals surface area contributed by atoms with E-state index < -0.39 is 0 Å². The molecule has 3 aromatic carbocycles. The first-order valence-corrected chi connectivity index (χ1v) is 12.4. The lowest BCUT2D eigenvalue weighted by Gasteiger charge is -2.36. The molecule has 184 valence electrons. The summed E-state index contributed by atoms with van der Waals surface area (Å²) in [7, 11) is 0. The van der Waals surface area contributed by atoms with Gasteiger partial charge in [0.05, 0.1) is 5.92 Å². The molecule has 2 N–H and O–H groups in total. The number of carbonyl (C=O) groups is 2. The van der Waals surface area contributed by atoms with Crippen molar-refractivity contribution < 1.29 is 9.59 Å². The molecule has 0 bridgehead atoms. The number of hydrogen-bond donors (Lipinski definition) is 2. The van der Waals surface area contributed by atoms with E-state index in [0.717, 1.165) is 31.4 Å². The second-order valence-electron chi connectivity index (χ2n) is 9.81. The van der Waals surface area contributed by atoms with Gasteiger partial charge in [0.1, 0.15) is 0 Å². The first kappa shape index (κ1) is 25.2. The van der Waals surface area contributed by atoms with Crippen molar-refractivity contribution in [1.82, 2.24) is 15.5 Å². The van der Waals surface area contributed by atoms with Gasteiger partial charge in [-0.1, -0.05) is 48.5 Å². The molecule has 2 aliphatic rings. The molecular weight excluding hydrogens is 458 g/mol. The van der Waals surface area contributed by atoms with Crippen LogP contribution in [0.3, 0.4) is 0 Å². The van der Waals surface area contributed by atoms with E-state index >= 15 is 0 Å². The molecule has 0 spiro atoms. The number of benzene rings is 3. The Morgan fingerprint density at radius 1 is 0.971 bits per heavy atom. The van der Waals surface area contributed by atoms with Crippen molar-refractivity contribution in [2.45, 2.75) is 51.7 Å². The average Bonchev–Trinajstić information content (AvgIpc) is 3.69. The molecule has 1 heterocycles. The summed E-state index contributed by atoms with van der Waals surface area (Å²) in [5.41, 5.74) is 4.10. The number of amides is 2. The lowest BCUT2D eigenvalue weighted by molar-refractivity contribution is -0.138. The maximum Gasteiger partial charge on any atom is 0.251 e. The van der Waals surface area contributed by atoms with Crippen LogP contribution in [0.2, 0.25) is 0 Å². The molecule has 0 radical (unpaired) electrons. The van der Waals surface area contributed by atoms with Gasteiger partial charge in [0, 0.05) is 30.7 Å². The minimum absolute atomic E-state index is 0. The third-order valence-electron chi connectivity index (χ3n) is 7.38. The van der Waals surface area contributed by atoms with Gasteiger partial charge in [-0.3, -0.25) is 9.59 Å². The normalized spacial score (nSPS) is 19.6. The monoisotopic (exact) mass is 491 g/mol. The summed E-state index contributed by atoms with van der Waals surface area (Å²) >= 11 is 0. The Morgan fingerprint density at radius 3 is 2.51 bits per heavy atom. The first-order valence-electron chi connectivity index (χ1n) is 12.4. The molecule has 1 saturated heterocycles. The predicted molar refractivity (Wildman–Crippen MR) is 143 cm³/mol. The molecule has 1 aliphatic carbocycles. The van der Waals surface area contributed by atoms with Crippen LogP contribution in [0.4, 0.5) is 0 Å². The van der Waals surface area contributed by atoms with E-state index in [4.69, 9.17) is 0 Å². The molecule has 3 aromatic rings. The van der Waals surface area contributed by atoms with Crippen LogP contribution in [-0.4, -0.2) is 41.9 Å². The second-order valence-corrected chi connectivity index (χ2v) is 9.81. The summed E-state index contributed by atoms with van der Waals surface area (Å²) < 4.78 is 0. The minimum atomic E-state index is -0.264. The third kappa shape index (κ3) is 5.52. The highest BCUT2D eigenvalue weighted by Gasteiger charge is 2.40. The lowest BCUT2D eigenvalue weighted by atomic mass is 9.91. The molecule has 6 heteroatoms. The Bertz CT molecular complexity index is 1220. The molecule has 35 heavy (non-hydrogen) atoms. The van der Waals surface area contributed by atoms with Crippen molar-refractivity contribution in [1.29, 1.82) is 0 Å². The van der Waals surface area contributed by atoms with Gasteiger partial charge in [0.15, 0.2) is 0 Å². The zero-order valence-corrected chi connectivity index (χ0v) is 21.2. The fraction of sp³-hybridized carbons (Fsp3) is 0.379. The number of hydrogen-bond acceptors (Lipinski definition) is 3. The van der Waals surface area contributed by atoms with Gasteiger partial charge in [0.2, 0.25) is 5.91 Å². The summed E-state index contributed by atoms with van der Waals surface area (Å²) in [5.74, 6) is -0.215. The van der Waals surface area contributed by atoms with Crippen molar-refractivity contribution in [3.05, 3.63) is 82.9 Å². The van der Waals surface area contributed by atoms with E-state index in [1.807, 2.05) is 38.1 Å². The fourth-order valence-corrected chi connectivity index (χ4v) is 5.03. The van der Waals surface area contributed by atoms with Crippen molar-refractivity contribution in [3.8, 4) is 0 Å². The van der Waals surface area contributed by atoms with Crippen molar-refractivity contribution in [3.63, 3.8) is 0 Å². The van der Waals surface area contributed by atoms with Gasteiger partial charge in [-0.05, 0) is 79.3 Å². The Hall–Kier alpha value is -2.89. The molecular formula is C29H34ClN3O2. The van der Waals surface area contributed by atoms with E-state index in [9.17, 15) is 9.59 Å². The number of fused-ring (bicyclic) bond motifs is 1. The molecule has 2 amide bonds. The topological polar surface area (TPSA) is 61.4 Å². The molecule has 1 saturated carbocycles. The number of rotatable bonds is 6. The van der Waals surface area contributed by atoms with Crippen LogP contribution in [0.5, 0.6) is 0 Å². The maximum atomic E-state index is 13.9. The second kappa shape index (κ2) is 10.8. The minimum Gasteiger partial charge on any atom is -0.348 e. The van der Waals surface area contributed by atoms with Crippen molar-refractivity contribution >= 4 is 35.0 Å². The average molecular weight is 492 g/mol. The molecule has 2 unspecified atom stereocenters. The van der Waals surface area contributed by atoms with E-state index in [0.29, 0.717) is 24.7 Å². The van der Waals surface area contributed by atoms with E-state index in [-0.39, 0.29) is 36.2 Å². The van der Waals surface area contributed by atoms with Crippen molar-refractivity contribution in [2.75, 3.05) is 13.1 Å². The molecule has 2 atom stereocenters. The SMILES string of the molecule is Cc1ccc(C(=O)NC2CCNCC2C(=O)N(Cc2cccc3ccccc23)C2CC2)cc1C.Cl. The highest BCUT2D eigenvalue weighted by Crippen LogP contribution is 2.32. The fourth-order valence-electron chi connectivity index (χ4n) is 5.03. The van der Waals surface area contributed by atoms with Gasteiger partial charge < -0.3 is 15.5 Å². The number of nitrogens with one attached hydrogen (secondary N) is 2. The highest BCUT2D eigenvalue weighted by atomic mass is 35.5. The maximum absolute atomic E-state index is 13.9. The molecule has 1 aliphatic heterocycles. The molecule has 2 fully saturated rings. The smallest absolute Gasteiger partial charge is 0.251 e. The highest BCUT2D eigenvalue weighted by molar-refractivity contribution is 5.95. The number of carbonyl (C=O) groups excluding carboxylic acids is 2. The quantitative estimate of drug-likeness (QED) is 0.521. The zero-order chi connectivity index (χ0) is 23.7. The van der Waals surface area contributed by atoms with Crippen LogP contribution >= 0.6 is 12.4 Å². The number of aryl methyl sites for hydroxylation is 2. The summed E-state index contributed by atoms with van der Waals surface area (Å²) in [4.78, 5) is 29.0. The van der Waals surface area contributed by atoms with Crippen LogP contribution in [0.25, 0.3) is 10.8 Å². The van der Waals surface area contributed by atoms with E-state index in [1.54, 1.807) is 0 Å². The predicted octanol–water partition coefficient (Wildman–Crippen LogP) is 4.78. The van der Waals surface area contributed by atoms with E-state index in [1.165, 1.54) is 21.9 Å². The van der Waals surface area contributed by atoms with Crippen LogP contribution in [0, 0.1) is 19.8 Å². The van der Waals surface area contributed by atoms with Gasteiger partial charge in [-0.2, -0.15) is 0 Å². The van der Waals surface area contributed by atoms with E-state index in [2.05, 4.69) is 51.9 Å². The van der Waals surface area contributed by atoms with Crippen LogP contribution < -0.4 is 10.6 Å². The molecule has 0 aromatic heterocycles. The standard InChI is InChI=1S/C29H33N3O2.ClH/c1-19-10-11-22(16-20(19)2)28(33)31-27-14-15-30-17-26(27)29(34)32(24-12-13-24)18-23-8-5-7-21-6-3-4-9-25(21)23;/h3-11,16,24,26-27,30H,12-15,17-18H2,1-2H3,(H,31,33);1H. The summed E-state index contributed by atoms with van der Waals surface area (Å²) in [5, 5.41) is 8.97. The lowest BCUT2D eigenvalue weighted by Crippen LogP contribution is -2.55. The Morgan fingerprint density at radius 2 is 1.74 bits per heavy atom. The third-order valence-corrected chi connectivity index (χ3v) is 7.38. The molecule has 5 rings (SSSR count). The largest absolute Gasteiger partial charge is 0.348 e. The first-order chi connectivity index (χ1) is 16.5. The summed E-state index contributed by atoms with van der Waals surface area (Å²) in [6.07, 6.45) is 2.85. The van der Waals surface area contributed by atoms with Gasteiger partial charge in [-0.25, -0.2) is 0 Å². The van der Waals surface area contributed by atoms with Crippen molar-refractivity contribution in [2.24, 2.45) is 5.92 Å². The number of halogens is 1. The van der Waals surface area contributed by atoms with Crippen LogP contribution in [0.15, 0.2) is 60.7 Å². The van der Waals surface area contributed by atoms with Crippen LogP contribution in [-0.2, 0) is 11.3 Å². The van der Waals surface area contributed by atoms with Gasteiger partial charge in [0.25, 0.3) is 5.91 Å².